The van der Waals surface area contributed by atoms with Gasteiger partial charge in [0.05, 0.1) is 12.5 Å². The van der Waals surface area contributed by atoms with Crippen molar-refractivity contribution >= 4 is 11.8 Å². The second kappa shape index (κ2) is 5.47. The van der Waals surface area contributed by atoms with Crippen LogP contribution in [0, 0.1) is 5.41 Å². The number of amides is 2. The van der Waals surface area contributed by atoms with Crippen LogP contribution in [0.2, 0.25) is 0 Å². The number of likely N-dealkylation sites (tertiary alicyclic amines) is 1. The summed E-state index contributed by atoms with van der Waals surface area (Å²) in [5, 5.41) is 3.34. The molecule has 2 amide bonds. The van der Waals surface area contributed by atoms with E-state index >= 15 is 0 Å². The molecule has 1 aliphatic heterocycles. The number of hydrogen-bond acceptors (Lipinski definition) is 3. The number of carbonyl (C=O) groups excluding carboxylic acids is 2. The third-order valence-electron chi connectivity index (χ3n) is 5.25. The van der Waals surface area contributed by atoms with Crippen LogP contribution in [0.5, 0.6) is 0 Å². The molecule has 1 atom stereocenters. The van der Waals surface area contributed by atoms with Gasteiger partial charge in [-0.2, -0.15) is 0 Å². The second-order valence-corrected chi connectivity index (χ2v) is 7.20. The van der Waals surface area contributed by atoms with Crippen LogP contribution < -0.4 is 5.32 Å². The topological polar surface area (TPSA) is 49.4 Å². The Hall–Kier alpha value is -0.900. The highest BCUT2D eigenvalue weighted by Gasteiger charge is 2.44. The van der Waals surface area contributed by atoms with Crippen LogP contribution in [-0.2, 0) is 9.59 Å². The second-order valence-electron chi connectivity index (χ2n) is 7.20. The predicted octanol–water partition coefficient (Wildman–Crippen LogP) is 2.23. The monoisotopic (exact) mass is 278 g/mol. The first-order valence-corrected chi connectivity index (χ1v) is 8.18. The summed E-state index contributed by atoms with van der Waals surface area (Å²) in [7, 11) is 0. The van der Waals surface area contributed by atoms with Crippen molar-refractivity contribution < 1.29 is 9.59 Å². The van der Waals surface area contributed by atoms with Crippen LogP contribution in [0.15, 0.2) is 0 Å². The molecule has 2 saturated carbocycles. The summed E-state index contributed by atoms with van der Waals surface area (Å²) in [5.41, 5.74) is 0.374. The molecule has 20 heavy (non-hydrogen) atoms. The molecule has 0 aromatic rings. The highest BCUT2D eigenvalue weighted by molar-refractivity contribution is 6.05. The molecule has 1 saturated heterocycles. The zero-order valence-corrected chi connectivity index (χ0v) is 12.5. The third-order valence-corrected chi connectivity index (χ3v) is 5.25. The molecule has 3 aliphatic rings. The van der Waals surface area contributed by atoms with Gasteiger partial charge in [0, 0.05) is 12.6 Å². The van der Waals surface area contributed by atoms with E-state index in [1.54, 1.807) is 4.90 Å². The number of carbonyl (C=O) groups is 2. The highest BCUT2D eigenvalue weighted by atomic mass is 16.2. The lowest BCUT2D eigenvalue weighted by Crippen LogP contribution is -2.44. The zero-order valence-electron chi connectivity index (χ0n) is 12.5. The average molecular weight is 278 g/mol. The zero-order chi connectivity index (χ0) is 14.2. The molecule has 0 aromatic carbocycles. The van der Waals surface area contributed by atoms with E-state index in [9.17, 15) is 9.59 Å². The van der Waals surface area contributed by atoms with E-state index in [-0.39, 0.29) is 23.9 Å². The van der Waals surface area contributed by atoms with Crippen LogP contribution in [0.4, 0.5) is 0 Å². The van der Waals surface area contributed by atoms with Crippen molar-refractivity contribution in [1.29, 1.82) is 0 Å². The normalized spacial score (nSPS) is 30.6. The maximum absolute atomic E-state index is 12.5. The lowest BCUT2D eigenvalue weighted by atomic mass is 10.1. The Morgan fingerprint density at radius 2 is 1.80 bits per heavy atom. The van der Waals surface area contributed by atoms with E-state index in [0.29, 0.717) is 11.8 Å². The summed E-state index contributed by atoms with van der Waals surface area (Å²) < 4.78 is 0. The van der Waals surface area contributed by atoms with Crippen molar-refractivity contribution in [3.63, 3.8) is 0 Å². The van der Waals surface area contributed by atoms with E-state index in [1.165, 1.54) is 25.7 Å². The fourth-order valence-electron chi connectivity index (χ4n) is 3.47. The molecule has 2 aliphatic carbocycles. The lowest BCUT2D eigenvalue weighted by Gasteiger charge is -2.25. The maximum Gasteiger partial charge on any atom is 0.247 e. The maximum atomic E-state index is 12.5. The summed E-state index contributed by atoms with van der Waals surface area (Å²) in [6, 6.07) is -0.0935. The van der Waals surface area contributed by atoms with Crippen molar-refractivity contribution in [2.75, 3.05) is 6.54 Å². The first-order valence-electron chi connectivity index (χ1n) is 8.18. The molecule has 1 heterocycles. The number of hydrogen-bond donors (Lipinski definition) is 1. The molecule has 0 aromatic heterocycles. The molecule has 4 nitrogen and oxygen atoms in total. The Morgan fingerprint density at radius 3 is 2.40 bits per heavy atom. The van der Waals surface area contributed by atoms with E-state index in [2.05, 4.69) is 12.2 Å². The minimum Gasteiger partial charge on any atom is -0.305 e. The minimum atomic E-state index is -0.261. The smallest absolute Gasteiger partial charge is 0.247 e. The van der Waals surface area contributed by atoms with E-state index in [1.807, 2.05) is 0 Å². The Kier molecular flexibility index (Phi) is 3.85. The summed E-state index contributed by atoms with van der Waals surface area (Å²) in [5.74, 6) is 0.0755. The Bertz CT molecular complexity index is 395. The van der Waals surface area contributed by atoms with Gasteiger partial charge in [-0.1, -0.05) is 32.6 Å². The van der Waals surface area contributed by atoms with Gasteiger partial charge in [-0.25, -0.2) is 0 Å². The van der Waals surface area contributed by atoms with Gasteiger partial charge in [-0.05, 0) is 31.1 Å². The molecule has 3 fully saturated rings. The van der Waals surface area contributed by atoms with E-state index in [4.69, 9.17) is 0 Å². The quantitative estimate of drug-likeness (QED) is 0.633. The minimum absolute atomic E-state index is 0.0335. The highest BCUT2D eigenvalue weighted by Crippen LogP contribution is 2.44. The Balaban J connectivity index is 1.60. The van der Waals surface area contributed by atoms with Crippen molar-refractivity contribution in [1.82, 2.24) is 10.2 Å². The number of imide groups is 1. The van der Waals surface area contributed by atoms with Gasteiger partial charge < -0.3 is 5.32 Å². The van der Waals surface area contributed by atoms with Crippen LogP contribution in [0.25, 0.3) is 0 Å². The first kappa shape index (κ1) is 14.1. The van der Waals surface area contributed by atoms with Crippen molar-refractivity contribution in [2.45, 2.75) is 76.8 Å². The average Bonchev–Trinajstić information content (AvgIpc) is 3.14. The molecule has 112 valence electrons. The molecule has 3 rings (SSSR count). The van der Waals surface area contributed by atoms with Crippen LogP contribution >= 0.6 is 0 Å². The van der Waals surface area contributed by atoms with E-state index in [0.717, 1.165) is 32.2 Å². The first-order chi connectivity index (χ1) is 9.59. The van der Waals surface area contributed by atoms with Gasteiger partial charge in [-0.15, -0.1) is 0 Å². The van der Waals surface area contributed by atoms with Gasteiger partial charge in [0.25, 0.3) is 0 Å². The molecule has 1 unspecified atom stereocenters. The molecule has 4 heteroatoms. The van der Waals surface area contributed by atoms with Gasteiger partial charge >= 0.3 is 0 Å². The van der Waals surface area contributed by atoms with Gasteiger partial charge in [0.15, 0.2) is 0 Å². The number of rotatable bonds is 4. The molecule has 0 bridgehead atoms. The Morgan fingerprint density at radius 1 is 1.15 bits per heavy atom. The molecular formula is C16H26N2O2. The Labute approximate surface area is 121 Å². The summed E-state index contributed by atoms with van der Waals surface area (Å²) in [6.07, 6.45) is 9.63. The van der Waals surface area contributed by atoms with Gasteiger partial charge in [0.2, 0.25) is 11.8 Å². The lowest BCUT2D eigenvalue weighted by molar-refractivity contribution is -0.141. The number of nitrogens with zero attached hydrogens (tertiary/aromatic N) is 1. The fraction of sp³-hybridized carbons (Fsp3) is 0.875. The van der Waals surface area contributed by atoms with Crippen LogP contribution in [0.3, 0.4) is 0 Å². The van der Waals surface area contributed by atoms with Crippen molar-refractivity contribution in [2.24, 2.45) is 5.41 Å². The van der Waals surface area contributed by atoms with Gasteiger partial charge in [-0.3, -0.25) is 14.5 Å². The SMILES string of the molecule is CC1(CNC2CC(=O)N(C3CCCCCC3)C2=O)CC1. The number of nitrogens with one attached hydrogen (secondary N) is 1. The molecular weight excluding hydrogens is 252 g/mol. The third kappa shape index (κ3) is 2.90. The largest absolute Gasteiger partial charge is 0.305 e. The standard InChI is InChI=1S/C16H26N2O2/c1-16(8-9-16)11-17-13-10-14(19)18(15(13)20)12-6-4-2-3-5-7-12/h12-13,17H,2-11H2,1H3. The van der Waals surface area contributed by atoms with Crippen molar-refractivity contribution in [3.05, 3.63) is 0 Å². The fourth-order valence-corrected chi connectivity index (χ4v) is 3.47. The van der Waals surface area contributed by atoms with E-state index < -0.39 is 0 Å². The molecule has 1 N–H and O–H groups in total. The van der Waals surface area contributed by atoms with Crippen LogP contribution in [-0.4, -0.2) is 35.3 Å². The van der Waals surface area contributed by atoms with Crippen LogP contribution in [0.1, 0.15) is 64.7 Å². The molecule has 0 spiro atoms. The predicted molar refractivity (Wildman–Crippen MR) is 77.1 cm³/mol. The molecule has 0 radical (unpaired) electrons. The summed E-state index contributed by atoms with van der Waals surface area (Å²) >= 11 is 0. The van der Waals surface area contributed by atoms with Gasteiger partial charge in [0.1, 0.15) is 0 Å². The van der Waals surface area contributed by atoms with Crippen molar-refractivity contribution in [3.8, 4) is 0 Å². The summed E-state index contributed by atoms with van der Waals surface area (Å²) in [6.45, 7) is 3.11. The summed E-state index contributed by atoms with van der Waals surface area (Å²) in [4.78, 5) is 26.3.